The predicted octanol–water partition coefficient (Wildman–Crippen LogP) is 1.64. The summed E-state index contributed by atoms with van der Waals surface area (Å²) >= 11 is 0. The molecule has 3 N–H and O–H groups in total. The van der Waals surface area contributed by atoms with Crippen LogP contribution in [-0.2, 0) is 24.4 Å². The molecular formula is C19H24F2N4O2. The normalized spacial score (nSPS) is 25.7. The molecule has 146 valence electrons. The average molecular weight is 378 g/mol. The third-order valence-electron chi connectivity index (χ3n) is 5.56. The number of benzene rings is 1. The smallest absolute Gasteiger partial charge is 0.129 e. The van der Waals surface area contributed by atoms with Crippen LogP contribution in [0.4, 0.5) is 8.78 Å². The molecule has 0 amide bonds. The summed E-state index contributed by atoms with van der Waals surface area (Å²) in [6.07, 6.45) is -0.0188. The fourth-order valence-corrected chi connectivity index (χ4v) is 4.22. The van der Waals surface area contributed by atoms with Crippen molar-refractivity contribution in [2.45, 2.75) is 51.2 Å². The Balaban J connectivity index is 1.45. The van der Waals surface area contributed by atoms with Crippen molar-refractivity contribution < 1.29 is 18.6 Å². The van der Waals surface area contributed by atoms with Gasteiger partial charge in [-0.3, -0.25) is 4.90 Å². The number of ether oxygens (including phenoxy) is 1. The lowest BCUT2D eigenvalue weighted by Gasteiger charge is -2.38. The first-order chi connectivity index (χ1) is 13.0. The molecule has 1 saturated heterocycles. The Bertz CT molecular complexity index is 841. The van der Waals surface area contributed by atoms with Gasteiger partial charge in [0.1, 0.15) is 23.6 Å². The number of aromatic nitrogens is 2. The number of aliphatic hydroxyl groups excluding tert-OH is 1. The number of imidazole rings is 1. The number of aliphatic hydroxyl groups is 1. The summed E-state index contributed by atoms with van der Waals surface area (Å²) in [6, 6.07) is 3.03. The Morgan fingerprint density at radius 2 is 2.15 bits per heavy atom. The van der Waals surface area contributed by atoms with Crippen molar-refractivity contribution >= 4 is 0 Å². The number of halogens is 2. The van der Waals surface area contributed by atoms with Crippen molar-refractivity contribution in [3.63, 3.8) is 0 Å². The van der Waals surface area contributed by atoms with Gasteiger partial charge in [0.2, 0.25) is 0 Å². The van der Waals surface area contributed by atoms with Crippen LogP contribution < -0.4 is 5.73 Å². The first-order valence-electron chi connectivity index (χ1n) is 9.20. The second kappa shape index (κ2) is 7.27. The molecule has 0 aliphatic carbocycles. The zero-order valence-corrected chi connectivity index (χ0v) is 15.2. The van der Waals surface area contributed by atoms with Gasteiger partial charge in [-0.1, -0.05) is 0 Å². The fraction of sp³-hybridized carbons (Fsp3) is 0.526. The third-order valence-corrected chi connectivity index (χ3v) is 5.56. The van der Waals surface area contributed by atoms with Gasteiger partial charge in [0.15, 0.2) is 0 Å². The zero-order valence-electron chi connectivity index (χ0n) is 15.2. The van der Waals surface area contributed by atoms with Crippen molar-refractivity contribution in [2.24, 2.45) is 5.73 Å². The van der Waals surface area contributed by atoms with Crippen LogP contribution in [0.2, 0.25) is 0 Å². The third kappa shape index (κ3) is 3.38. The lowest BCUT2D eigenvalue weighted by Crippen LogP contribution is -2.47. The fourth-order valence-electron chi connectivity index (χ4n) is 4.22. The Morgan fingerprint density at radius 1 is 1.33 bits per heavy atom. The van der Waals surface area contributed by atoms with E-state index in [0.29, 0.717) is 26.1 Å². The molecule has 27 heavy (non-hydrogen) atoms. The second-order valence-corrected chi connectivity index (χ2v) is 7.31. The van der Waals surface area contributed by atoms with E-state index in [1.165, 1.54) is 0 Å². The Labute approximate surface area is 156 Å². The van der Waals surface area contributed by atoms with Crippen LogP contribution in [0.5, 0.6) is 0 Å². The summed E-state index contributed by atoms with van der Waals surface area (Å²) in [7, 11) is 0. The van der Waals surface area contributed by atoms with Gasteiger partial charge < -0.3 is 20.1 Å². The molecule has 4 rings (SSSR count). The highest BCUT2D eigenvalue weighted by molar-refractivity contribution is 5.24. The van der Waals surface area contributed by atoms with E-state index in [0.717, 1.165) is 42.0 Å². The van der Waals surface area contributed by atoms with E-state index in [1.807, 2.05) is 11.5 Å². The maximum atomic E-state index is 14.1. The molecular weight excluding hydrogens is 354 g/mol. The molecule has 1 unspecified atom stereocenters. The number of hydrogen-bond donors (Lipinski definition) is 2. The van der Waals surface area contributed by atoms with E-state index in [4.69, 9.17) is 10.5 Å². The highest BCUT2D eigenvalue weighted by Gasteiger charge is 2.37. The molecule has 3 atom stereocenters. The first kappa shape index (κ1) is 18.5. The maximum absolute atomic E-state index is 14.1. The van der Waals surface area contributed by atoms with Gasteiger partial charge in [-0.15, -0.1) is 0 Å². The van der Waals surface area contributed by atoms with Gasteiger partial charge >= 0.3 is 0 Å². The Kier molecular flexibility index (Phi) is 4.98. The van der Waals surface area contributed by atoms with Gasteiger partial charge in [-0.2, -0.15) is 0 Å². The van der Waals surface area contributed by atoms with Gasteiger partial charge in [0, 0.05) is 37.3 Å². The van der Waals surface area contributed by atoms with E-state index >= 15 is 0 Å². The summed E-state index contributed by atoms with van der Waals surface area (Å²) in [6.45, 7) is 4.36. The Morgan fingerprint density at radius 3 is 2.89 bits per heavy atom. The summed E-state index contributed by atoms with van der Waals surface area (Å²) in [5.41, 5.74) is 8.59. The van der Waals surface area contributed by atoms with Crippen molar-refractivity contribution in [1.29, 1.82) is 0 Å². The predicted molar refractivity (Wildman–Crippen MR) is 94.7 cm³/mol. The van der Waals surface area contributed by atoms with Crippen LogP contribution in [0.3, 0.4) is 0 Å². The lowest BCUT2D eigenvalue weighted by atomic mass is 9.93. The van der Waals surface area contributed by atoms with Crippen molar-refractivity contribution in [3.8, 4) is 0 Å². The van der Waals surface area contributed by atoms with E-state index in [1.54, 1.807) is 0 Å². The average Bonchev–Trinajstić information content (AvgIpc) is 3.16. The van der Waals surface area contributed by atoms with Crippen LogP contribution in [0, 0.1) is 18.6 Å². The molecule has 8 heteroatoms. The molecule has 0 spiro atoms. The van der Waals surface area contributed by atoms with Crippen LogP contribution >= 0.6 is 0 Å². The van der Waals surface area contributed by atoms with E-state index in [9.17, 15) is 13.9 Å². The van der Waals surface area contributed by atoms with Crippen LogP contribution in [0.1, 0.15) is 35.3 Å². The number of hydrogen-bond acceptors (Lipinski definition) is 5. The van der Waals surface area contributed by atoms with Crippen molar-refractivity contribution in [1.82, 2.24) is 14.5 Å². The minimum Gasteiger partial charge on any atom is -0.395 e. The van der Waals surface area contributed by atoms with Crippen LogP contribution in [0.25, 0.3) is 0 Å². The highest BCUT2D eigenvalue weighted by Crippen LogP contribution is 2.34. The van der Waals surface area contributed by atoms with Crippen molar-refractivity contribution in [2.75, 3.05) is 13.2 Å². The molecule has 2 aliphatic heterocycles. The topological polar surface area (TPSA) is 76.5 Å². The first-order valence-corrected chi connectivity index (χ1v) is 9.20. The standard InChI is InChI=1S/C19H24F2N4O2/c1-11-23-17-8-24(9-18(17)25(11)4-5-26)13-7-16(22)19(27-10-13)14-6-12(20)2-3-15(14)21/h2-3,6,13,16,19,26H,4-5,7-10,22H2,1H3/t13?,16-,19+/m0/s1. The molecule has 2 aliphatic rings. The largest absolute Gasteiger partial charge is 0.395 e. The monoisotopic (exact) mass is 378 g/mol. The SMILES string of the molecule is Cc1nc2c(n1CCO)CN(C1CO[C@H](c3cc(F)ccc3F)[C@@H](N)C1)C2. The zero-order chi connectivity index (χ0) is 19.1. The maximum Gasteiger partial charge on any atom is 0.129 e. The number of nitrogens with two attached hydrogens (primary N) is 1. The van der Waals surface area contributed by atoms with Gasteiger partial charge in [0.25, 0.3) is 0 Å². The van der Waals surface area contributed by atoms with E-state index in [2.05, 4.69) is 9.88 Å². The van der Waals surface area contributed by atoms with E-state index < -0.39 is 23.8 Å². The minimum absolute atomic E-state index is 0.0714. The molecule has 3 heterocycles. The number of rotatable bonds is 4. The van der Waals surface area contributed by atoms with Gasteiger partial charge in [-0.05, 0) is 31.5 Å². The van der Waals surface area contributed by atoms with Crippen LogP contribution in [-0.4, -0.2) is 44.9 Å². The molecule has 1 aromatic carbocycles. The lowest BCUT2D eigenvalue weighted by molar-refractivity contribution is -0.0535. The van der Waals surface area contributed by atoms with Gasteiger partial charge in [0.05, 0.1) is 24.6 Å². The Hall–Kier alpha value is -1.87. The molecule has 1 fully saturated rings. The summed E-state index contributed by atoms with van der Waals surface area (Å²) in [4.78, 5) is 6.86. The molecule has 6 nitrogen and oxygen atoms in total. The second-order valence-electron chi connectivity index (χ2n) is 7.31. The molecule has 1 aromatic heterocycles. The number of nitrogens with zero attached hydrogens (tertiary/aromatic N) is 3. The number of fused-ring (bicyclic) bond motifs is 1. The van der Waals surface area contributed by atoms with Crippen LogP contribution in [0.15, 0.2) is 18.2 Å². The summed E-state index contributed by atoms with van der Waals surface area (Å²) < 4.78 is 35.5. The minimum atomic E-state index is -0.648. The summed E-state index contributed by atoms with van der Waals surface area (Å²) in [5.74, 6) is -0.0878. The molecule has 0 radical (unpaired) electrons. The highest BCUT2D eigenvalue weighted by atomic mass is 19.1. The van der Waals surface area contributed by atoms with Gasteiger partial charge in [-0.25, -0.2) is 13.8 Å². The molecule has 0 saturated carbocycles. The van der Waals surface area contributed by atoms with E-state index in [-0.39, 0.29) is 18.2 Å². The molecule has 2 aromatic rings. The summed E-state index contributed by atoms with van der Waals surface area (Å²) in [5, 5.41) is 9.27. The number of aryl methyl sites for hydroxylation is 1. The quantitative estimate of drug-likeness (QED) is 0.846. The molecule has 0 bridgehead atoms. The van der Waals surface area contributed by atoms with Crippen molar-refractivity contribution in [3.05, 3.63) is 52.6 Å².